The van der Waals surface area contributed by atoms with Gasteiger partial charge in [-0.05, 0) is 24.6 Å². The highest BCUT2D eigenvalue weighted by atomic mass is 15.1. The van der Waals surface area contributed by atoms with Crippen LogP contribution in [0.3, 0.4) is 0 Å². The average Bonchev–Trinajstić information content (AvgIpc) is 2.57. The number of aryl methyl sites for hydroxylation is 2. The van der Waals surface area contributed by atoms with Gasteiger partial charge in [-0.1, -0.05) is 19.1 Å². The predicted molar refractivity (Wildman–Crippen MR) is 62.9 cm³/mol. The fourth-order valence-electron chi connectivity index (χ4n) is 2.04. The number of para-hydroxylation sites is 1. The van der Waals surface area contributed by atoms with Crippen LogP contribution in [0.25, 0.3) is 11.0 Å². The first-order valence-corrected chi connectivity index (χ1v) is 5.41. The Balaban J connectivity index is 2.65. The highest BCUT2D eigenvalue weighted by Crippen LogP contribution is 2.19. The lowest BCUT2D eigenvalue weighted by atomic mass is 10.1. The van der Waals surface area contributed by atoms with Crippen LogP contribution in [-0.2, 0) is 19.9 Å². The Bertz CT molecular complexity index is 471. The van der Waals surface area contributed by atoms with Crippen LogP contribution in [0.5, 0.6) is 0 Å². The molecule has 0 spiro atoms. The lowest BCUT2D eigenvalue weighted by molar-refractivity contribution is 0.791. The molecule has 0 unspecified atom stereocenters. The summed E-state index contributed by atoms with van der Waals surface area (Å²) in [5.74, 6) is 1.08. The number of hydrogen-bond acceptors (Lipinski definition) is 2. The zero-order valence-corrected chi connectivity index (χ0v) is 9.33. The molecule has 0 saturated heterocycles. The fraction of sp³-hybridized carbons (Fsp3) is 0.417. The third-order valence-electron chi connectivity index (χ3n) is 2.82. The van der Waals surface area contributed by atoms with E-state index in [1.807, 2.05) is 0 Å². The van der Waals surface area contributed by atoms with Crippen LogP contribution in [0.2, 0.25) is 0 Å². The van der Waals surface area contributed by atoms with Crippen LogP contribution < -0.4 is 5.73 Å². The first-order chi connectivity index (χ1) is 7.27. The molecule has 0 radical (unpaired) electrons. The molecule has 2 aromatic rings. The molecule has 2 rings (SSSR count). The average molecular weight is 203 g/mol. The second-order valence-corrected chi connectivity index (χ2v) is 3.76. The Morgan fingerprint density at radius 2 is 2.20 bits per heavy atom. The molecule has 3 heteroatoms. The van der Waals surface area contributed by atoms with Gasteiger partial charge in [-0.2, -0.15) is 0 Å². The molecule has 0 aliphatic heterocycles. The van der Waals surface area contributed by atoms with Crippen LogP contribution >= 0.6 is 0 Å². The van der Waals surface area contributed by atoms with Crippen molar-refractivity contribution in [2.24, 2.45) is 12.8 Å². The van der Waals surface area contributed by atoms with Gasteiger partial charge in [0.05, 0.1) is 11.0 Å². The zero-order chi connectivity index (χ0) is 10.8. The van der Waals surface area contributed by atoms with Gasteiger partial charge in [0, 0.05) is 13.5 Å². The molecule has 0 amide bonds. The molecular weight excluding hydrogens is 186 g/mol. The largest absolute Gasteiger partial charge is 0.331 e. The number of hydrogen-bond donors (Lipinski definition) is 1. The number of rotatable bonds is 3. The van der Waals surface area contributed by atoms with Crippen LogP contribution in [0, 0.1) is 0 Å². The summed E-state index contributed by atoms with van der Waals surface area (Å²) in [5.41, 5.74) is 9.26. The van der Waals surface area contributed by atoms with Crippen LogP contribution in [0.15, 0.2) is 18.2 Å². The van der Waals surface area contributed by atoms with Crippen molar-refractivity contribution in [3.05, 3.63) is 29.6 Å². The summed E-state index contributed by atoms with van der Waals surface area (Å²) in [6.07, 6.45) is 1.88. The van der Waals surface area contributed by atoms with Crippen molar-refractivity contribution >= 4 is 11.0 Å². The van der Waals surface area contributed by atoms with E-state index in [-0.39, 0.29) is 0 Å². The minimum absolute atomic E-state index is 0.651. The van der Waals surface area contributed by atoms with Crippen molar-refractivity contribution in [1.82, 2.24) is 9.55 Å². The van der Waals surface area contributed by atoms with E-state index in [9.17, 15) is 0 Å². The van der Waals surface area contributed by atoms with Gasteiger partial charge < -0.3 is 10.3 Å². The smallest absolute Gasteiger partial charge is 0.110 e. The van der Waals surface area contributed by atoms with E-state index in [4.69, 9.17) is 5.73 Å². The lowest BCUT2D eigenvalue weighted by Crippen LogP contribution is -2.07. The molecule has 0 fully saturated rings. The molecule has 1 heterocycles. The summed E-state index contributed by atoms with van der Waals surface area (Å²) >= 11 is 0. The summed E-state index contributed by atoms with van der Waals surface area (Å²) < 4.78 is 2.17. The highest BCUT2D eigenvalue weighted by molar-refractivity contribution is 5.79. The first-order valence-electron chi connectivity index (χ1n) is 5.41. The number of aromatic nitrogens is 2. The van der Waals surface area contributed by atoms with Gasteiger partial charge in [-0.25, -0.2) is 4.98 Å². The van der Waals surface area contributed by atoms with E-state index in [1.54, 1.807) is 0 Å². The number of nitrogens with two attached hydrogens (primary N) is 1. The fourth-order valence-corrected chi connectivity index (χ4v) is 2.04. The Kier molecular flexibility index (Phi) is 2.73. The van der Waals surface area contributed by atoms with E-state index < -0.39 is 0 Å². The Labute approximate surface area is 89.9 Å². The third kappa shape index (κ3) is 1.63. The molecule has 80 valence electrons. The van der Waals surface area contributed by atoms with Crippen molar-refractivity contribution in [2.75, 3.05) is 6.54 Å². The first kappa shape index (κ1) is 10.2. The summed E-state index contributed by atoms with van der Waals surface area (Å²) in [5, 5.41) is 0. The van der Waals surface area contributed by atoms with E-state index in [0.29, 0.717) is 6.54 Å². The SMILES string of the molecule is CCc1cccc2nc(CCN)n(C)c12. The second-order valence-electron chi connectivity index (χ2n) is 3.76. The molecule has 0 aliphatic rings. The molecule has 0 saturated carbocycles. The molecule has 1 aromatic heterocycles. The monoisotopic (exact) mass is 203 g/mol. The highest BCUT2D eigenvalue weighted by Gasteiger charge is 2.09. The van der Waals surface area contributed by atoms with Gasteiger partial charge in [0.2, 0.25) is 0 Å². The summed E-state index contributed by atoms with van der Waals surface area (Å²) in [6, 6.07) is 6.30. The third-order valence-corrected chi connectivity index (χ3v) is 2.82. The summed E-state index contributed by atoms with van der Waals surface area (Å²) in [7, 11) is 2.07. The molecular formula is C12H17N3. The Morgan fingerprint density at radius 3 is 2.87 bits per heavy atom. The van der Waals surface area contributed by atoms with Gasteiger partial charge in [0.25, 0.3) is 0 Å². The molecule has 1 aromatic carbocycles. The standard InChI is InChI=1S/C12H17N3/c1-3-9-5-4-6-10-12(9)15(2)11(14-10)7-8-13/h4-6H,3,7-8,13H2,1-2H3. The Morgan fingerprint density at radius 1 is 1.40 bits per heavy atom. The van der Waals surface area contributed by atoms with Crippen molar-refractivity contribution in [3.63, 3.8) is 0 Å². The number of benzene rings is 1. The van der Waals surface area contributed by atoms with Gasteiger partial charge in [-0.15, -0.1) is 0 Å². The van der Waals surface area contributed by atoms with Gasteiger partial charge in [0.1, 0.15) is 5.82 Å². The maximum Gasteiger partial charge on any atom is 0.110 e. The maximum atomic E-state index is 5.57. The summed E-state index contributed by atoms with van der Waals surface area (Å²) in [4.78, 5) is 4.59. The molecule has 0 aliphatic carbocycles. The van der Waals surface area contributed by atoms with Crippen molar-refractivity contribution in [1.29, 1.82) is 0 Å². The van der Waals surface area contributed by atoms with E-state index in [2.05, 4.69) is 41.7 Å². The van der Waals surface area contributed by atoms with Crippen molar-refractivity contribution < 1.29 is 0 Å². The minimum Gasteiger partial charge on any atom is -0.331 e. The lowest BCUT2D eigenvalue weighted by Gasteiger charge is -2.03. The number of nitrogens with zero attached hydrogens (tertiary/aromatic N) is 2. The normalized spacial score (nSPS) is 11.1. The molecule has 0 atom stereocenters. The van der Waals surface area contributed by atoms with Crippen LogP contribution in [0.4, 0.5) is 0 Å². The zero-order valence-electron chi connectivity index (χ0n) is 9.33. The van der Waals surface area contributed by atoms with Crippen molar-refractivity contribution in [3.8, 4) is 0 Å². The number of fused-ring (bicyclic) bond motifs is 1. The predicted octanol–water partition coefficient (Wildman–Crippen LogP) is 1.64. The van der Waals surface area contributed by atoms with Gasteiger partial charge >= 0.3 is 0 Å². The van der Waals surface area contributed by atoms with Crippen molar-refractivity contribution in [2.45, 2.75) is 19.8 Å². The summed E-state index contributed by atoms with van der Waals surface area (Å²) in [6.45, 7) is 2.82. The molecule has 15 heavy (non-hydrogen) atoms. The number of imidazole rings is 1. The van der Waals surface area contributed by atoms with E-state index in [0.717, 1.165) is 24.2 Å². The van der Waals surface area contributed by atoms with Crippen LogP contribution in [-0.4, -0.2) is 16.1 Å². The topological polar surface area (TPSA) is 43.8 Å². The second kappa shape index (κ2) is 4.03. The Hall–Kier alpha value is -1.35. The van der Waals surface area contributed by atoms with E-state index in [1.165, 1.54) is 11.1 Å². The quantitative estimate of drug-likeness (QED) is 0.824. The molecule has 3 nitrogen and oxygen atoms in total. The van der Waals surface area contributed by atoms with E-state index >= 15 is 0 Å². The van der Waals surface area contributed by atoms with Crippen LogP contribution in [0.1, 0.15) is 18.3 Å². The van der Waals surface area contributed by atoms with Gasteiger partial charge in [0.15, 0.2) is 0 Å². The van der Waals surface area contributed by atoms with Gasteiger partial charge in [-0.3, -0.25) is 0 Å². The molecule has 2 N–H and O–H groups in total. The maximum absolute atomic E-state index is 5.57. The minimum atomic E-state index is 0.651. The molecule has 0 bridgehead atoms.